The molecule has 0 aliphatic heterocycles. The Morgan fingerprint density at radius 1 is 1.53 bits per heavy atom. The van der Waals surface area contributed by atoms with E-state index >= 15 is 0 Å². The molecule has 0 aromatic carbocycles. The van der Waals surface area contributed by atoms with Crippen molar-refractivity contribution >= 4 is 5.91 Å². The standard InChI is InChI=1S/C10H14N2O3/c1-10(2,6-11)12-9(14)7-3-4-8(13)15-5-7/h3-5H,6,11H2,1-2H3,(H,12,14). The van der Waals surface area contributed by atoms with Gasteiger partial charge in [-0.15, -0.1) is 0 Å². The number of hydrogen-bond acceptors (Lipinski definition) is 4. The molecule has 0 bridgehead atoms. The summed E-state index contributed by atoms with van der Waals surface area (Å²) in [5.74, 6) is -0.311. The van der Waals surface area contributed by atoms with Crippen LogP contribution in [-0.4, -0.2) is 18.0 Å². The molecule has 0 aliphatic carbocycles. The Hall–Kier alpha value is -1.62. The molecular weight excluding hydrogens is 196 g/mol. The van der Waals surface area contributed by atoms with Crippen molar-refractivity contribution in [2.24, 2.45) is 5.73 Å². The number of carbonyl (C=O) groups is 1. The first kappa shape index (κ1) is 11.5. The third kappa shape index (κ3) is 3.21. The fraction of sp³-hybridized carbons (Fsp3) is 0.400. The van der Waals surface area contributed by atoms with E-state index in [0.29, 0.717) is 12.1 Å². The van der Waals surface area contributed by atoms with Crippen molar-refractivity contribution < 1.29 is 9.21 Å². The Labute approximate surface area is 87.3 Å². The highest BCUT2D eigenvalue weighted by Gasteiger charge is 2.19. The Morgan fingerprint density at radius 2 is 2.20 bits per heavy atom. The van der Waals surface area contributed by atoms with Gasteiger partial charge in [0.1, 0.15) is 6.26 Å². The lowest BCUT2D eigenvalue weighted by atomic mass is 10.1. The van der Waals surface area contributed by atoms with Gasteiger partial charge in [-0.05, 0) is 19.9 Å². The Morgan fingerprint density at radius 3 is 2.67 bits per heavy atom. The molecule has 1 aromatic heterocycles. The average molecular weight is 210 g/mol. The third-order valence-corrected chi connectivity index (χ3v) is 1.93. The average Bonchev–Trinajstić information content (AvgIpc) is 2.18. The summed E-state index contributed by atoms with van der Waals surface area (Å²) in [7, 11) is 0. The molecule has 15 heavy (non-hydrogen) atoms. The second-order valence-electron chi connectivity index (χ2n) is 3.89. The predicted octanol–water partition coefficient (Wildman–Crippen LogP) is 0.107. The first-order valence-electron chi connectivity index (χ1n) is 4.56. The molecule has 1 aromatic rings. The first-order chi connectivity index (χ1) is 6.94. The quantitative estimate of drug-likeness (QED) is 0.741. The summed E-state index contributed by atoms with van der Waals surface area (Å²) in [6.07, 6.45) is 1.13. The molecule has 1 rings (SSSR count). The molecule has 82 valence electrons. The monoisotopic (exact) mass is 210 g/mol. The largest absolute Gasteiger partial charge is 0.430 e. The summed E-state index contributed by atoms with van der Waals surface area (Å²) in [4.78, 5) is 22.3. The van der Waals surface area contributed by atoms with Gasteiger partial charge in [0.05, 0.1) is 5.56 Å². The minimum absolute atomic E-state index is 0.302. The topological polar surface area (TPSA) is 85.3 Å². The molecule has 0 saturated heterocycles. The summed E-state index contributed by atoms with van der Waals surface area (Å²) >= 11 is 0. The minimum atomic E-state index is -0.482. The van der Waals surface area contributed by atoms with Crippen molar-refractivity contribution in [2.45, 2.75) is 19.4 Å². The summed E-state index contributed by atoms with van der Waals surface area (Å²) in [5.41, 5.74) is 4.81. The molecule has 0 fully saturated rings. The second-order valence-corrected chi connectivity index (χ2v) is 3.89. The molecule has 0 aliphatic rings. The van der Waals surface area contributed by atoms with Gasteiger partial charge in [-0.25, -0.2) is 4.79 Å². The maximum atomic E-state index is 11.6. The van der Waals surface area contributed by atoms with Gasteiger partial charge in [-0.3, -0.25) is 4.79 Å². The first-order valence-corrected chi connectivity index (χ1v) is 4.56. The van der Waals surface area contributed by atoms with Crippen molar-refractivity contribution in [3.8, 4) is 0 Å². The van der Waals surface area contributed by atoms with Crippen LogP contribution >= 0.6 is 0 Å². The number of nitrogens with one attached hydrogen (secondary N) is 1. The highest BCUT2D eigenvalue weighted by atomic mass is 16.4. The van der Waals surface area contributed by atoms with Gasteiger partial charge in [0, 0.05) is 18.2 Å². The molecule has 0 atom stereocenters. The molecule has 5 nitrogen and oxygen atoms in total. The highest BCUT2D eigenvalue weighted by molar-refractivity contribution is 5.94. The molecule has 0 unspecified atom stereocenters. The van der Waals surface area contributed by atoms with Gasteiger partial charge in [0.25, 0.3) is 5.91 Å². The van der Waals surface area contributed by atoms with E-state index in [1.54, 1.807) is 0 Å². The molecule has 1 heterocycles. The Kier molecular flexibility index (Phi) is 3.26. The zero-order valence-corrected chi connectivity index (χ0v) is 8.74. The van der Waals surface area contributed by atoms with Crippen molar-refractivity contribution in [3.63, 3.8) is 0 Å². The normalized spacial score (nSPS) is 11.1. The van der Waals surface area contributed by atoms with Crippen LogP contribution in [-0.2, 0) is 0 Å². The number of hydrogen-bond donors (Lipinski definition) is 2. The number of rotatable bonds is 3. The van der Waals surface area contributed by atoms with Crippen LogP contribution in [0, 0.1) is 0 Å². The van der Waals surface area contributed by atoms with E-state index in [1.165, 1.54) is 12.1 Å². The second kappa shape index (κ2) is 4.27. The lowest BCUT2D eigenvalue weighted by Gasteiger charge is -2.23. The SMILES string of the molecule is CC(C)(CN)NC(=O)c1ccc(=O)oc1. The summed E-state index contributed by atoms with van der Waals surface area (Å²) in [6, 6.07) is 2.61. The molecular formula is C10H14N2O3. The van der Waals surface area contributed by atoms with E-state index in [1.807, 2.05) is 13.8 Å². The minimum Gasteiger partial charge on any atom is -0.430 e. The molecule has 0 radical (unpaired) electrons. The van der Waals surface area contributed by atoms with Gasteiger partial charge < -0.3 is 15.5 Å². The van der Waals surface area contributed by atoms with Crippen molar-refractivity contribution in [1.82, 2.24) is 5.32 Å². The predicted molar refractivity (Wildman–Crippen MR) is 55.6 cm³/mol. The fourth-order valence-electron chi connectivity index (χ4n) is 0.918. The number of nitrogens with two attached hydrogens (primary N) is 1. The molecule has 0 spiro atoms. The third-order valence-electron chi connectivity index (χ3n) is 1.93. The summed E-state index contributed by atoms with van der Waals surface area (Å²) in [5, 5.41) is 2.72. The number of carbonyl (C=O) groups excluding carboxylic acids is 1. The summed E-state index contributed by atoms with van der Waals surface area (Å²) in [6.45, 7) is 3.95. The molecule has 5 heteroatoms. The van der Waals surface area contributed by atoms with Crippen molar-refractivity contribution in [2.75, 3.05) is 6.54 Å². The van der Waals surface area contributed by atoms with Gasteiger partial charge in [-0.1, -0.05) is 0 Å². The van der Waals surface area contributed by atoms with Gasteiger partial charge in [0.15, 0.2) is 0 Å². The lowest BCUT2D eigenvalue weighted by molar-refractivity contribution is 0.0913. The smallest absolute Gasteiger partial charge is 0.335 e. The molecule has 0 saturated carbocycles. The van der Waals surface area contributed by atoms with Crippen LogP contribution in [0.4, 0.5) is 0 Å². The zero-order chi connectivity index (χ0) is 11.5. The zero-order valence-electron chi connectivity index (χ0n) is 8.74. The number of amides is 1. The lowest BCUT2D eigenvalue weighted by Crippen LogP contribution is -2.48. The van der Waals surface area contributed by atoms with Crippen molar-refractivity contribution in [3.05, 3.63) is 34.4 Å². The van der Waals surface area contributed by atoms with Crippen LogP contribution in [0.15, 0.2) is 27.6 Å². The molecule has 3 N–H and O–H groups in total. The van der Waals surface area contributed by atoms with E-state index in [2.05, 4.69) is 9.73 Å². The maximum absolute atomic E-state index is 11.6. The van der Waals surface area contributed by atoms with E-state index in [9.17, 15) is 9.59 Å². The van der Waals surface area contributed by atoms with E-state index in [0.717, 1.165) is 6.26 Å². The van der Waals surface area contributed by atoms with Gasteiger partial charge >= 0.3 is 5.63 Å². The van der Waals surface area contributed by atoms with Crippen LogP contribution in [0.1, 0.15) is 24.2 Å². The van der Waals surface area contributed by atoms with E-state index in [-0.39, 0.29) is 5.91 Å². The van der Waals surface area contributed by atoms with Gasteiger partial charge in [0.2, 0.25) is 0 Å². The Bertz CT molecular complexity index is 389. The van der Waals surface area contributed by atoms with E-state index < -0.39 is 11.2 Å². The highest BCUT2D eigenvalue weighted by Crippen LogP contribution is 2.02. The van der Waals surface area contributed by atoms with Crippen LogP contribution in [0.3, 0.4) is 0 Å². The van der Waals surface area contributed by atoms with Crippen LogP contribution in [0.2, 0.25) is 0 Å². The fourth-order valence-corrected chi connectivity index (χ4v) is 0.918. The van der Waals surface area contributed by atoms with Gasteiger partial charge in [-0.2, -0.15) is 0 Å². The molecule has 1 amide bonds. The Balaban J connectivity index is 2.78. The van der Waals surface area contributed by atoms with E-state index in [4.69, 9.17) is 5.73 Å². The van der Waals surface area contributed by atoms with Crippen LogP contribution < -0.4 is 16.7 Å². The van der Waals surface area contributed by atoms with Crippen molar-refractivity contribution in [1.29, 1.82) is 0 Å². The summed E-state index contributed by atoms with van der Waals surface area (Å²) < 4.78 is 4.58. The van der Waals surface area contributed by atoms with Crippen LogP contribution in [0.5, 0.6) is 0 Å². The maximum Gasteiger partial charge on any atom is 0.335 e. The van der Waals surface area contributed by atoms with Crippen LogP contribution in [0.25, 0.3) is 0 Å².